The molecule has 0 radical (unpaired) electrons. The van der Waals surface area contributed by atoms with Crippen LogP contribution < -0.4 is 16.4 Å². The minimum atomic E-state index is -0.528. The fraction of sp³-hybridized carbons (Fsp3) is 0.556. The summed E-state index contributed by atoms with van der Waals surface area (Å²) in [5.74, 6) is 0.377. The van der Waals surface area contributed by atoms with Gasteiger partial charge in [0.25, 0.3) is 0 Å². The van der Waals surface area contributed by atoms with Crippen molar-refractivity contribution in [2.24, 2.45) is 5.73 Å². The Balaban J connectivity index is 2.55. The van der Waals surface area contributed by atoms with Crippen LogP contribution in [0.3, 0.4) is 0 Å². The summed E-state index contributed by atoms with van der Waals surface area (Å²) in [7, 11) is 1.44. The molecule has 0 bridgehead atoms. The molecule has 3 amide bonds. The van der Waals surface area contributed by atoms with Gasteiger partial charge < -0.3 is 15.6 Å². The van der Waals surface area contributed by atoms with Gasteiger partial charge in [-0.05, 0) is 6.92 Å². The Bertz CT molecular complexity index is 433. The molecule has 18 heavy (non-hydrogen) atoms. The van der Waals surface area contributed by atoms with E-state index < -0.39 is 6.03 Å². The summed E-state index contributed by atoms with van der Waals surface area (Å²) in [6.45, 7) is 2.92. The van der Waals surface area contributed by atoms with E-state index in [0.717, 1.165) is 0 Å². The molecule has 0 fully saturated rings. The Morgan fingerprint density at radius 3 is 2.72 bits per heavy atom. The molecule has 0 aliphatic carbocycles. The van der Waals surface area contributed by atoms with E-state index in [1.54, 1.807) is 0 Å². The molecule has 1 heterocycles. The number of carbonyl (C=O) groups is 2. The normalized spacial score (nSPS) is 10.2. The predicted molar refractivity (Wildman–Crippen MR) is 66.9 cm³/mol. The van der Waals surface area contributed by atoms with Crippen LogP contribution in [0.25, 0.3) is 0 Å². The van der Waals surface area contributed by atoms with Gasteiger partial charge >= 0.3 is 6.03 Å². The molecule has 1 aromatic heterocycles. The van der Waals surface area contributed by atoms with E-state index in [0.29, 0.717) is 24.1 Å². The Hall–Kier alpha value is -1.61. The third-order valence-electron chi connectivity index (χ3n) is 2.10. The molecule has 0 unspecified atom stereocenters. The van der Waals surface area contributed by atoms with Crippen molar-refractivity contribution in [2.45, 2.75) is 25.2 Å². The number of carbonyl (C=O) groups excluding carboxylic acids is 2. The molecule has 0 atom stereocenters. The van der Waals surface area contributed by atoms with Crippen molar-refractivity contribution >= 4 is 23.7 Å². The number of amides is 3. The summed E-state index contributed by atoms with van der Waals surface area (Å²) in [5, 5.41) is 12.9. The first-order valence-electron chi connectivity index (χ1n) is 5.38. The maximum atomic E-state index is 11.4. The lowest BCUT2D eigenvalue weighted by Crippen LogP contribution is -2.38. The summed E-state index contributed by atoms with van der Waals surface area (Å²) in [6, 6.07) is -0.528. The van der Waals surface area contributed by atoms with Gasteiger partial charge in [0.1, 0.15) is 5.82 Å². The second-order valence-corrected chi connectivity index (χ2v) is 4.21. The minimum absolute atomic E-state index is 0.0934. The molecule has 0 saturated heterocycles. The number of nitrogens with two attached hydrogens (primary N) is 1. The molecule has 9 heteroatoms. The zero-order chi connectivity index (χ0) is 13.5. The number of aromatic nitrogens is 3. The number of rotatable bonds is 5. The first-order valence-corrected chi connectivity index (χ1v) is 6.37. The third-order valence-corrected chi connectivity index (χ3v) is 3.07. The molecule has 0 saturated carbocycles. The molecule has 1 aromatic rings. The van der Waals surface area contributed by atoms with Gasteiger partial charge in [0.2, 0.25) is 5.91 Å². The van der Waals surface area contributed by atoms with Crippen LogP contribution >= 0.6 is 11.8 Å². The number of thioether (sulfide) groups is 1. The molecule has 0 aromatic carbocycles. The second-order valence-electron chi connectivity index (χ2n) is 3.26. The molecule has 4 N–H and O–H groups in total. The van der Waals surface area contributed by atoms with Gasteiger partial charge in [-0.25, -0.2) is 4.79 Å². The summed E-state index contributed by atoms with van der Waals surface area (Å²) in [6.07, 6.45) is 0. The van der Waals surface area contributed by atoms with Crippen molar-refractivity contribution in [1.82, 2.24) is 25.4 Å². The highest BCUT2D eigenvalue weighted by molar-refractivity contribution is 7.99. The van der Waals surface area contributed by atoms with Crippen LogP contribution in [0.4, 0.5) is 4.79 Å². The number of hydrogen-bond donors (Lipinski definition) is 3. The van der Waals surface area contributed by atoms with Gasteiger partial charge in [-0.3, -0.25) is 10.1 Å². The molecule has 0 spiro atoms. The van der Waals surface area contributed by atoms with Crippen LogP contribution in [0.2, 0.25) is 0 Å². The lowest BCUT2D eigenvalue weighted by molar-refractivity contribution is -0.117. The van der Waals surface area contributed by atoms with Crippen molar-refractivity contribution in [3.63, 3.8) is 0 Å². The summed E-state index contributed by atoms with van der Waals surface area (Å²) in [4.78, 5) is 22.3. The van der Waals surface area contributed by atoms with Gasteiger partial charge in [-0.2, -0.15) is 0 Å². The zero-order valence-electron chi connectivity index (χ0n) is 10.3. The van der Waals surface area contributed by atoms with E-state index in [-0.39, 0.29) is 11.7 Å². The second kappa shape index (κ2) is 6.97. The lowest BCUT2D eigenvalue weighted by Gasteiger charge is -2.05. The number of imide groups is 1. The van der Waals surface area contributed by atoms with Gasteiger partial charge in [-0.1, -0.05) is 11.8 Å². The first-order chi connectivity index (χ1) is 8.62. The van der Waals surface area contributed by atoms with E-state index in [9.17, 15) is 9.59 Å². The number of nitrogens with one attached hydrogen (secondary N) is 2. The van der Waals surface area contributed by atoms with Crippen LogP contribution in [-0.2, 0) is 17.9 Å². The van der Waals surface area contributed by atoms with E-state index in [4.69, 9.17) is 5.73 Å². The molecule has 0 aliphatic heterocycles. The quantitative estimate of drug-likeness (QED) is 0.611. The summed E-state index contributed by atoms with van der Waals surface area (Å²) < 4.78 is 1.83. The van der Waals surface area contributed by atoms with Gasteiger partial charge in [0.05, 0.1) is 12.3 Å². The molecule has 1 rings (SSSR count). The third kappa shape index (κ3) is 3.70. The van der Waals surface area contributed by atoms with E-state index in [1.165, 1.54) is 18.8 Å². The molecule has 8 nitrogen and oxygen atoms in total. The van der Waals surface area contributed by atoms with Crippen LogP contribution in [0.1, 0.15) is 12.7 Å². The Labute approximate surface area is 109 Å². The molecule has 100 valence electrons. The first kappa shape index (κ1) is 14.5. The van der Waals surface area contributed by atoms with E-state index in [1.807, 2.05) is 11.5 Å². The SMILES string of the molecule is CCn1c(CN)nnc1SCC(=O)NC(=O)NC. The topological polar surface area (TPSA) is 115 Å². The molecular formula is C9H16N6O2S. The van der Waals surface area contributed by atoms with Gasteiger partial charge in [-0.15, -0.1) is 10.2 Å². The van der Waals surface area contributed by atoms with Crippen LogP contribution in [0.5, 0.6) is 0 Å². The van der Waals surface area contributed by atoms with E-state index >= 15 is 0 Å². The van der Waals surface area contributed by atoms with Crippen molar-refractivity contribution in [3.05, 3.63) is 5.82 Å². The largest absolute Gasteiger partial charge is 0.341 e. The van der Waals surface area contributed by atoms with Crippen LogP contribution in [0, 0.1) is 0 Å². The minimum Gasteiger partial charge on any atom is -0.341 e. The monoisotopic (exact) mass is 272 g/mol. The van der Waals surface area contributed by atoms with Crippen LogP contribution in [0.15, 0.2) is 5.16 Å². The fourth-order valence-corrected chi connectivity index (χ4v) is 2.07. The summed E-state index contributed by atoms with van der Waals surface area (Å²) >= 11 is 1.21. The van der Waals surface area contributed by atoms with Gasteiger partial charge in [0, 0.05) is 13.6 Å². The highest BCUT2D eigenvalue weighted by Crippen LogP contribution is 2.16. The van der Waals surface area contributed by atoms with Gasteiger partial charge in [0.15, 0.2) is 5.16 Å². The Kier molecular flexibility index (Phi) is 5.59. The zero-order valence-corrected chi connectivity index (χ0v) is 11.1. The predicted octanol–water partition coefficient (Wildman–Crippen LogP) is -0.696. The van der Waals surface area contributed by atoms with Crippen molar-refractivity contribution < 1.29 is 9.59 Å². The highest BCUT2D eigenvalue weighted by atomic mass is 32.2. The maximum Gasteiger partial charge on any atom is 0.321 e. The standard InChI is InChI=1S/C9H16N6O2S/c1-3-15-6(4-10)13-14-9(15)18-5-7(16)12-8(17)11-2/h3-5,10H2,1-2H3,(H2,11,12,16,17). The summed E-state index contributed by atoms with van der Waals surface area (Å²) in [5.41, 5.74) is 5.51. The maximum absolute atomic E-state index is 11.4. The number of nitrogens with zero attached hydrogens (tertiary/aromatic N) is 3. The molecule has 0 aliphatic rings. The van der Waals surface area contributed by atoms with Crippen molar-refractivity contribution in [1.29, 1.82) is 0 Å². The van der Waals surface area contributed by atoms with Crippen molar-refractivity contribution in [2.75, 3.05) is 12.8 Å². The van der Waals surface area contributed by atoms with E-state index in [2.05, 4.69) is 20.8 Å². The van der Waals surface area contributed by atoms with Crippen LogP contribution in [-0.4, -0.2) is 39.5 Å². The Morgan fingerprint density at radius 1 is 1.44 bits per heavy atom. The fourth-order valence-electron chi connectivity index (χ4n) is 1.25. The van der Waals surface area contributed by atoms with Crippen molar-refractivity contribution in [3.8, 4) is 0 Å². The number of hydrogen-bond acceptors (Lipinski definition) is 6. The average Bonchev–Trinajstić information content (AvgIpc) is 2.77. The highest BCUT2D eigenvalue weighted by Gasteiger charge is 2.12. The lowest BCUT2D eigenvalue weighted by atomic mass is 10.6. The number of urea groups is 1. The molecular weight excluding hydrogens is 256 g/mol. The smallest absolute Gasteiger partial charge is 0.321 e. The Morgan fingerprint density at radius 2 is 2.17 bits per heavy atom. The average molecular weight is 272 g/mol.